The minimum absolute atomic E-state index is 0.127. The third kappa shape index (κ3) is 2.58. The quantitative estimate of drug-likeness (QED) is 0.563. The van der Waals surface area contributed by atoms with Crippen molar-refractivity contribution < 1.29 is 4.74 Å². The highest BCUT2D eigenvalue weighted by Gasteiger charge is 2.21. The normalized spacial score (nSPS) is 16.6. The molecule has 1 atom stereocenters. The average Bonchev–Trinajstić information content (AvgIpc) is 2.88. The molecule has 4 N–H and O–H groups in total. The van der Waals surface area contributed by atoms with Gasteiger partial charge in [0, 0.05) is 12.6 Å². The highest BCUT2D eigenvalue weighted by atomic mass is 16.5. The molecule has 98 valence electrons. The van der Waals surface area contributed by atoms with Gasteiger partial charge in [-0.25, -0.2) is 10.8 Å². The fourth-order valence-corrected chi connectivity index (χ4v) is 2.11. The summed E-state index contributed by atoms with van der Waals surface area (Å²) in [6.45, 7) is 0.690. The Morgan fingerprint density at radius 1 is 1.32 bits per heavy atom. The molecule has 0 aliphatic carbocycles. The number of fused-ring (bicyclic) bond motifs is 1. The third-order valence-electron chi connectivity index (χ3n) is 3.01. The molecule has 0 fully saturated rings. The predicted octanol–water partition coefficient (Wildman–Crippen LogP) is 1.18. The number of rotatable bonds is 4. The molecule has 1 aromatic carbocycles. The Labute approximate surface area is 111 Å². The van der Waals surface area contributed by atoms with Gasteiger partial charge in [-0.3, -0.25) is 5.43 Å². The van der Waals surface area contributed by atoms with Gasteiger partial charge in [0.2, 0.25) is 5.95 Å². The van der Waals surface area contributed by atoms with Crippen LogP contribution in [0.5, 0.6) is 5.75 Å². The molecule has 1 unspecified atom stereocenters. The summed E-state index contributed by atoms with van der Waals surface area (Å²) in [5.41, 5.74) is 3.67. The first-order chi connectivity index (χ1) is 9.35. The zero-order chi connectivity index (χ0) is 13.1. The van der Waals surface area contributed by atoms with Gasteiger partial charge in [-0.1, -0.05) is 18.2 Å². The van der Waals surface area contributed by atoms with Crippen LogP contribution in [-0.4, -0.2) is 22.6 Å². The molecule has 1 aliphatic rings. The number of anilines is 2. The van der Waals surface area contributed by atoms with Gasteiger partial charge < -0.3 is 10.1 Å². The molecule has 0 radical (unpaired) electrons. The maximum atomic E-state index is 5.84. The Morgan fingerprint density at radius 2 is 2.21 bits per heavy atom. The van der Waals surface area contributed by atoms with Crippen molar-refractivity contribution in [3.63, 3.8) is 0 Å². The van der Waals surface area contributed by atoms with E-state index in [1.165, 1.54) is 5.56 Å². The number of nitrogens with two attached hydrogens (primary N) is 1. The molecule has 0 bridgehead atoms. The van der Waals surface area contributed by atoms with Gasteiger partial charge in [0.05, 0.1) is 6.54 Å². The molecule has 0 saturated heterocycles. The molecule has 3 rings (SSSR count). The molecular formula is C13H15N5O. The molecule has 6 nitrogen and oxygen atoms in total. The van der Waals surface area contributed by atoms with Crippen molar-refractivity contribution in [2.75, 3.05) is 17.3 Å². The third-order valence-corrected chi connectivity index (χ3v) is 3.01. The molecule has 1 aromatic heterocycles. The number of benzene rings is 1. The van der Waals surface area contributed by atoms with E-state index < -0.39 is 0 Å². The Morgan fingerprint density at radius 3 is 3.05 bits per heavy atom. The molecule has 0 saturated carbocycles. The highest BCUT2D eigenvalue weighted by molar-refractivity contribution is 5.41. The van der Waals surface area contributed by atoms with Crippen LogP contribution >= 0.6 is 0 Å². The summed E-state index contributed by atoms with van der Waals surface area (Å²) in [4.78, 5) is 8.14. The standard InChI is InChI=1S/C13H15N5O/c14-18-13-15-6-5-12(17-13)16-8-10-7-9-3-1-2-4-11(9)19-10/h1-6,10H,7-8,14H2,(H2,15,16,17,18). The Kier molecular flexibility index (Phi) is 3.16. The molecule has 6 heteroatoms. The molecule has 0 spiro atoms. The van der Waals surface area contributed by atoms with E-state index in [1.54, 1.807) is 12.3 Å². The van der Waals surface area contributed by atoms with Crippen LogP contribution in [0.4, 0.5) is 11.8 Å². The van der Waals surface area contributed by atoms with Crippen molar-refractivity contribution in [3.8, 4) is 5.75 Å². The van der Waals surface area contributed by atoms with E-state index in [0.717, 1.165) is 18.0 Å². The van der Waals surface area contributed by atoms with E-state index in [-0.39, 0.29) is 6.10 Å². The molecule has 2 aromatic rings. The van der Waals surface area contributed by atoms with Crippen molar-refractivity contribution in [2.45, 2.75) is 12.5 Å². The van der Waals surface area contributed by atoms with Gasteiger partial charge in [0.25, 0.3) is 0 Å². The molecule has 0 amide bonds. The predicted molar refractivity (Wildman–Crippen MR) is 72.9 cm³/mol. The van der Waals surface area contributed by atoms with E-state index in [4.69, 9.17) is 10.6 Å². The lowest BCUT2D eigenvalue weighted by Gasteiger charge is -2.12. The number of hydrogen-bond donors (Lipinski definition) is 3. The van der Waals surface area contributed by atoms with Gasteiger partial charge >= 0.3 is 0 Å². The first-order valence-electron chi connectivity index (χ1n) is 6.13. The minimum Gasteiger partial charge on any atom is -0.488 e. The summed E-state index contributed by atoms with van der Waals surface area (Å²) in [6.07, 6.45) is 2.69. The van der Waals surface area contributed by atoms with Gasteiger partial charge in [0.15, 0.2) is 0 Å². The van der Waals surface area contributed by atoms with E-state index in [0.29, 0.717) is 12.5 Å². The summed E-state index contributed by atoms with van der Waals surface area (Å²) in [5, 5.41) is 3.22. The second-order valence-electron chi connectivity index (χ2n) is 4.34. The van der Waals surface area contributed by atoms with Crippen molar-refractivity contribution in [2.24, 2.45) is 5.84 Å². The van der Waals surface area contributed by atoms with Crippen LogP contribution in [0, 0.1) is 0 Å². The van der Waals surface area contributed by atoms with Gasteiger partial charge in [-0.2, -0.15) is 4.98 Å². The maximum absolute atomic E-state index is 5.84. The summed E-state index contributed by atoms with van der Waals surface area (Å²) >= 11 is 0. The molecule has 2 heterocycles. The van der Waals surface area contributed by atoms with Crippen LogP contribution in [0.1, 0.15) is 5.56 Å². The number of hydrazine groups is 1. The summed E-state index contributed by atoms with van der Waals surface area (Å²) in [5.74, 6) is 7.35. The fraction of sp³-hybridized carbons (Fsp3) is 0.231. The molecular weight excluding hydrogens is 242 g/mol. The monoisotopic (exact) mass is 257 g/mol. The molecule has 1 aliphatic heterocycles. The number of nitrogens with one attached hydrogen (secondary N) is 2. The molecule has 19 heavy (non-hydrogen) atoms. The second-order valence-corrected chi connectivity index (χ2v) is 4.34. The van der Waals surface area contributed by atoms with Crippen LogP contribution in [-0.2, 0) is 6.42 Å². The fourth-order valence-electron chi connectivity index (χ4n) is 2.11. The second kappa shape index (κ2) is 5.11. The maximum Gasteiger partial charge on any atom is 0.239 e. The van der Waals surface area contributed by atoms with E-state index >= 15 is 0 Å². The summed E-state index contributed by atoms with van der Waals surface area (Å²) < 4.78 is 5.84. The van der Waals surface area contributed by atoms with Gasteiger partial charge in [0.1, 0.15) is 17.7 Å². The number of hydrogen-bond acceptors (Lipinski definition) is 6. The van der Waals surface area contributed by atoms with E-state index in [9.17, 15) is 0 Å². The smallest absolute Gasteiger partial charge is 0.239 e. The van der Waals surface area contributed by atoms with Gasteiger partial charge in [-0.05, 0) is 17.7 Å². The number of aromatic nitrogens is 2. The van der Waals surface area contributed by atoms with Crippen LogP contribution in [0.3, 0.4) is 0 Å². The van der Waals surface area contributed by atoms with Crippen LogP contribution in [0.15, 0.2) is 36.5 Å². The lowest BCUT2D eigenvalue weighted by atomic mass is 10.1. The van der Waals surface area contributed by atoms with Crippen molar-refractivity contribution in [3.05, 3.63) is 42.1 Å². The zero-order valence-corrected chi connectivity index (χ0v) is 10.3. The van der Waals surface area contributed by atoms with Crippen LogP contribution < -0.4 is 21.3 Å². The first kappa shape index (κ1) is 11.7. The van der Waals surface area contributed by atoms with Crippen molar-refractivity contribution in [1.29, 1.82) is 0 Å². The number of nitrogen functional groups attached to an aromatic ring is 1. The number of para-hydroxylation sites is 1. The zero-order valence-electron chi connectivity index (χ0n) is 10.3. The van der Waals surface area contributed by atoms with E-state index in [2.05, 4.69) is 26.8 Å². The highest BCUT2D eigenvalue weighted by Crippen LogP contribution is 2.28. The Hall–Kier alpha value is -2.34. The Balaban J connectivity index is 1.59. The summed E-state index contributed by atoms with van der Waals surface area (Å²) in [7, 11) is 0. The van der Waals surface area contributed by atoms with Crippen molar-refractivity contribution >= 4 is 11.8 Å². The topological polar surface area (TPSA) is 85.1 Å². The van der Waals surface area contributed by atoms with Crippen LogP contribution in [0.2, 0.25) is 0 Å². The van der Waals surface area contributed by atoms with Gasteiger partial charge in [-0.15, -0.1) is 0 Å². The SMILES string of the molecule is NNc1nccc(NCC2Cc3ccccc3O2)n1. The first-order valence-corrected chi connectivity index (χ1v) is 6.13. The van der Waals surface area contributed by atoms with E-state index in [1.807, 2.05) is 18.2 Å². The number of ether oxygens (including phenoxy) is 1. The van der Waals surface area contributed by atoms with Crippen LogP contribution in [0.25, 0.3) is 0 Å². The summed E-state index contributed by atoms with van der Waals surface area (Å²) in [6, 6.07) is 9.90. The lowest BCUT2D eigenvalue weighted by Crippen LogP contribution is -2.24. The minimum atomic E-state index is 0.127. The Bertz CT molecular complexity index is 549. The lowest BCUT2D eigenvalue weighted by molar-refractivity contribution is 0.246. The van der Waals surface area contributed by atoms with Crippen molar-refractivity contribution in [1.82, 2.24) is 9.97 Å². The number of nitrogens with zero attached hydrogens (tertiary/aromatic N) is 2. The average molecular weight is 257 g/mol. The largest absolute Gasteiger partial charge is 0.488 e.